The maximum atomic E-state index is 13.5. The Morgan fingerprint density at radius 2 is 1.51 bits per heavy atom. The number of rotatable bonds is 8. The van der Waals surface area contributed by atoms with Crippen LogP contribution in [-0.4, -0.2) is 58.8 Å². The molecule has 3 aromatic rings. The van der Waals surface area contributed by atoms with Crippen molar-refractivity contribution in [2.45, 2.75) is 50.9 Å². The number of piperidine rings is 2. The molecule has 2 aromatic carbocycles. The lowest BCUT2D eigenvalue weighted by atomic mass is 9.90. The molecule has 1 amide bonds. The van der Waals surface area contributed by atoms with E-state index in [-0.39, 0.29) is 23.7 Å². The van der Waals surface area contributed by atoms with E-state index in [1.807, 2.05) is 0 Å². The number of halogens is 5. The minimum atomic E-state index is -4.40. The van der Waals surface area contributed by atoms with Crippen molar-refractivity contribution in [1.29, 1.82) is 0 Å². The van der Waals surface area contributed by atoms with Gasteiger partial charge in [0.2, 0.25) is 0 Å². The van der Waals surface area contributed by atoms with Crippen molar-refractivity contribution in [2.75, 3.05) is 26.2 Å². The molecule has 228 valence electrons. The number of aromatic nitrogens is 1. The number of pyridine rings is 1. The predicted octanol–water partition coefficient (Wildman–Crippen LogP) is 6.55. The average molecular weight is 602 g/mol. The van der Waals surface area contributed by atoms with E-state index in [0.717, 1.165) is 44.1 Å². The van der Waals surface area contributed by atoms with E-state index in [9.17, 15) is 31.5 Å². The molecule has 0 atom stereocenters. The molecular weight excluding hydrogens is 569 g/mol. The van der Waals surface area contributed by atoms with E-state index in [1.54, 1.807) is 17.0 Å². The Morgan fingerprint density at radius 1 is 0.860 bits per heavy atom. The zero-order valence-electron chi connectivity index (χ0n) is 23.5. The number of likely N-dealkylation sites (tertiary alicyclic amines) is 2. The van der Waals surface area contributed by atoms with E-state index in [0.29, 0.717) is 61.5 Å². The van der Waals surface area contributed by atoms with Crippen LogP contribution >= 0.6 is 0 Å². The van der Waals surface area contributed by atoms with Gasteiger partial charge in [-0.3, -0.25) is 19.5 Å². The zero-order chi connectivity index (χ0) is 30.6. The summed E-state index contributed by atoms with van der Waals surface area (Å²) in [6, 6.07) is 11.3. The number of benzene rings is 2. The number of hydrogen-bond acceptors (Lipinski definition) is 5. The smallest absolute Gasteiger partial charge is 0.416 e. The van der Waals surface area contributed by atoms with Gasteiger partial charge in [0.25, 0.3) is 5.91 Å². The highest BCUT2D eigenvalue weighted by atomic mass is 19.4. The van der Waals surface area contributed by atoms with Gasteiger partial charge in [-0.15, -0.1) is 0 Å². The van der Waals surface area contributed by atoms with Crippen LogP contribution in [-0.2, 0) is 12.7 Å². The summed E-state index contributed by atoms with van der Waals surface area (Å²) in [4.78, 5) is 33.9. The molecule has 6 nitrogen and oxygen atoms in total. The summed E-state index contributed by atoms with van der Waals surface area (Å²) in [5.41, 5.74) is 0.529. The molecule has 2 aliphatic rings. The Balaban J connectivity index is 1.05. The molecule has 2 fully saturated rings. The Morgan fingerprint density at radius 3 is 2.09 bits per heavy atom. The Hall–Kier alpha value is -3.86. The van der Waals surface area contributed by atoms with Gasteiger partial charge >= 0.3 is 6.18 Å². The molecule has 5 rings (SSSR count). The molecule has 0 unspecified atom stereocenters. The van der Waals surface area contributed by atoms with Gasteiger partial charge in [-0.25, -0.2) is 8.78 Å². The van der Waals surface area contributed by atoms with Crippen LogP contribution in [0.4, 0.5) is 22.0 Å². The highest BCUT2D eigenvalue weighted by molar-refractivity contribution is 5.97. The summed E-state index contributed by atoms with van der Waals surface area (Å²) in [5.74, 6) is -0.944. The fraction of sp³-hybridized carbons (Fsp3) is 0.406. The molecule has 0 aliphatic carbocycles. The summed E-state index contributed by atoms with van der Waals surface area (Å²) in [6.45, 7) is 2.76. The molecule has 2 saturated heterocycles. The fourth-order valence-corrected chi connectivity index (χ4v) is 5.64. The summed E-state index contributed by atoms with van der Waals surface area (Å²) >= 11 is 0. The van der Waals surface area contributed by atoms with Crippen LogP contribution < -0.4 is 4.74 Å². The van der Waals surface area contributed by atoms with Crippen LogP contribution in [0.1, 0.15) is 64.1 Å². The molecule has 2 aliphatic heterocycles. The van der Waals surface area contributed by atoms with Crippen LogP contribution in [0.25, 0.3) is 0 Å². The summed E-state index contributed by atoms with van der Waals surface area (Å²) in [6.07, 6.45) is -0.202. The van der Waals surface area contributed by atoms with Gasteiger partial charge in [-0.1, -0.05) is 0 Å². The first kappa shape index (κ1) is 30.6. The van der Waals surface area contributed by atoms with Gasteiger partial charge in [-0.05, 0) is 85.9 Å². The first-order valence-electron chi connectivity index (χ1n) is 14.3. The number of Topliss-reactive ketones (excluding diaryl/α,β-unsaturated/α-hetero) is 1. The highest BCUT2D eigenvalue weighted by Crippen LogP contribution is 2.31. The summed E-state index contributed by atoms with van der Waals surface area (Å²) in [7, 11) is 0. The van der Waals surface area contributed by atoms with Crippen LogP contribution in [0.5, 0.6) is 5.75 Å². The number of alkyl halides is 3. The number of ketones is 1. The maximum Gasteiger partial charge on any atom is 0.416 e. The largest absolute Gasteiger partial charge is 0.490 e. The number of carbonyl (C=O) groups is 2. The Labute approximate surface area is 246 Å². The minimum absolute atomic E-state index is 0.0918. The van der Waals surface area contributed by atoms with Crippen molar-refractivity contribution in [3.63, 3.8) is 0 Å². The van der Waals surface area contributed by atoms with Crippen molar-refractivity contribution in [3.8, 4) is 5.75 Å². The third-order valence-electron chi connectivity index (χ3n) is 8.02. The van der Waals surface area contributed by atoms with E-state index in [4.69, 9.17) is 4.74 Å². The molecule has 43 heavy (non-hydrogen) atoms. The first-order chi connectivity index (χ1) is 20.5. The number of amides is 1. The van der Waals surface area contributed by atoms with Crippen molar-refractivity contribution < 1.29 is 36.3 Å². The average Bonchev–Trinajstić information content (AvgIpc) is 2.97. The van der Waals surface area contributed by atoms with E-state index >= 15 is 0 Å². The maximum absolute atomic E-state index is 13.5. The van der Waals surface area contributed by atoms with Gasteiger partial charge in [0.15, 0.2) is 5.78 Å². The molecule has 0 bridgehead atoms. The molecular formula is C32H32F5N3O3. The Bertz CT molecular complexity index is 1390. The predicted molar refractivity (Wildman–Crippen MR) is 149 cm³/mol. The van der Waals surface area contributed by atoms with Gasteiger partial charge in [0, 0.05) is 51.2 Å². The third kappa shape index (κ3) is 8.16. The lowest BCUT2D eigenvalue weighted by molar-refractivity contribution is -0.137. The zero-order valence-corrected chi connectivity index (χ0v) is 23.5. The van der Waals surface area contributed by atoms with Gasteiger partial charge in [-0.2, -0.15) is 13.2 Å². The van der Waals surface area contributed by atoms with Crippen LogP contribution in [0.2, 0.25) is 0 Å². The second kappa shape index (κ2) is 13.2. The molecule has 0 radical (unpaired) electrons. The second-order valence-corrected chi connectivity index (χ2v) is 11.2. The van der Waals surface area contributed by atoms with Gasteiger partial charge in [0.1, 0.15) is 29.2 Å². The van der Waals surface area contributed by atoms with Crippen LogP contribution in [0.15, 0.2) is 60.8 Å². The monoisotopic (exact) mass is 601 g/mol. The number of carbonyl (C=O) groups excluding carboxylic acids is 2. The minimum Gasteiger partial charge on any atom is -0.490 e. The molecule has 0 saturated carbocycles. The summed E-state index contributed by atoms with van der Waals surface area (Å²) < 4.78 is 71.1. The third-order valence-corrected chi connectivity index (χ3v) is 8.02. The number of hydrogen-bond donors (Lipinski definition) is 0. The fourth-order valence-electron chi connectivity index (χ4n) is 5.64. The second-order valence-electron chi connectivity index (χ2n) is 11.2. The lowest BCUT2D eigenvalue weighted by Crippen LogP contribution is -2.41. The first-order valence-corrected chi connectivity index (χ1v) is 14.3. The lowest BCUT2D eigenvalue weighted by Gasteiger charge is -2.32. The normalized spacial score (nSPS) is 17.2. The van der Waals surface area contributed by atoms with Gasteiger partial charge in [0.05, 0.1) is 11.1 Å². The van der Waals surface area contributed by atoms with Crippen LogP contribution in [0, 0.1) is 17.6 Å². The van der Waals surface area contributed by atoms with E-state index in [1.165, 1.54) is 30.5 Å². The van der Waals surface area contributed by atoms with Crippen LogP contribution in [0.3, 0.4) is 0 Å². The standard InChI is InChI=1S/C32H32F5N3O3/c33-25-15-22(16-26(34)18-25)20-39-11-7-21(8-12-39)17-30(41)29-6-1-23(19-38-29)31(42)40-13-9-28(10-14-40)43-27-4-2-24(3-5-27)32(35,36)37/h1-6,15-16,18-19,21,28H,7-14,17,20H2. The molecule has 0 N–H and O–H groups in total. The van der Waals surface area contributed by atoms with Crippen molar-refractivity contribution >= 4 is 11.7 Å². The highest BCUT2D eigenvalue weighted by Gasteiger charge is 2.31. The quantitative estimate of drug-likeness (QED) is 0.217. The summed E-state index contributed by atoms with van der Waals surface area (Å²) in [5, 5.41) is 0. The SMILES string of the molecule is O=C(CC1CCN(Cc2cc(F)cc(F)c2)CC1)c1ccc(C(=O)N2CCC(Oc3ccc(C(F)(F)F)cc3)CC2)cn1. The molecule has 1 aromatic heterocycles. The van der Waals surface area contributed by atoms with Gasteiger partial charge < -0.3 is 9.64 Å². The number of nitrogens with zero attached hydrogens (tertiary/aromatic N) is 3. The van der Waals surface area contributed by atoms with E-state index in [2.05, 4.69) is 9.88 Å². The van der Waals surface area contributed by atoms with Crippen molar-refractivity contribution in [2.24, 2.45) is 5.92 Å². The topological polar surface area (TPSA) is 62.7 Å². The molecule has 11 heteroatoms. The molecule has 0 spiro atoms. The van der Waals surface area contributed by atoms with E-state index < -0.39 is 23.4 Å². The molecule has 3 heterocycles. The van der Waals surface area contributed by atoms with Crippen molar-refractivity contribution in [1.82, 2.24) is 14.8 Å². The van der Waals surface area contributed by atoms with Crippen molar-refractivity contribution in [3.05, 3.63) is 94.8 Å². The Kier molecular flexibility index (Phi) is 9.39. The number of ether oxygens (including phenoxy) is 1.